The molecule has 0 aliphatic rings. The number of aromatic nitrogens is 2. The minimum atomic E-state index is -1.06. The fourth-order valence-electron chi connectivity index (χ4n) is 1.76. The van der Waals surface area contributed by atoms with Crippen LogP contribution in [0.4, 0.5) is 0 Å². The van der Waals surface area contributed by atoms with E-state index in [-0.39, 0.29) is 23.2 Å². The summed E-state index contributed by atoms with van der Waals surface area (Å²) in [7, 11) is 0. The predicted molar refractivity (Wildman–Crippen MR) is 82.0 cm³/mol. The van der Waals surface area contributed by atoms with E-state index in [1.807, 2.05) is 26.8 Å². The summed E-state index contributed by atoms with van der Waals surface area (Å²) in [6.45, 7) is 5.89. The zero-order valence-corrected chi connectivity index (χ0v) is 13.5. The van der Waals surface area contributed by atoms with Crippen molar-refractivity contribution in [3.05, 3.63) is 45.7 Å². The summed E-state index contributed by atoms with van der Waals surface area (Å²) in [4.78, 5) is 19.7. The van der Waals surface area contributed by atoms with Crippen molar-refractivity contribution in [2.45, 2.75) is 26.7 Å². The molecule has 0 atom stereocenters. The van der Waals surface area contributed by atoms with E-state index in [0.717, 1.165) is 15.9 Å². The molecule has 0 radical (unpaired) electrons. The quantitative estimate of drug-likeness (QED) is 0.895. The van der Waals surface area contributed by atoms with Crippen molar-refractivity contribution < 1.29 is 14.6 Å². The molecule has 0 aliphatic heterocycles. The van der Waals surface area contributed by atoms with Crippen molar-refractivity contribution >= 4 is 21.9 Å². The highest BCUT2D eigenvalue weighted by Crippen LogP contribution is 2.28. The number of carboxylic acid groups (broad SMARTS) is 1. The summed E-state index contributed by atoms with van der Waals surface area (Å²) in [6.07, 6.45) is 0. The normalized spacial score (nSPS) is 10.7. The van der Waals surface area contributed by atoms with Crippen molar-refractivity contribution in [2.24, 2.45) is 0 Å². The van der Waals surface area contributed by atoms with Crippen LogP contribution in [0.1, 0.15) is 41.5 Å². The van der Waals surface area contributed by atoms with Gasteiger partial charge < -0.3 is 9.84 Å². The number of carbonyl (C=O) groups is 1. The molecule has 21 heavy (non-hydrogen) atoms. The Morgan fingerprint density at radius 3 is 2.62 bits per heavy atom. The number of carboxylic acids is 1. The summed E-state index contributed by atoms with van der Waals surface area (Å²) in [5, 5.41) is 9.20. The van der Waals surface area contributed by atoms with Crippen LogP contribution in [0, 0.1) is 6.92 Å². The first-order valence-corrected chi connectivity index (χ1v) is 7.22. The molecule has 6 heteroatoms. The lowest BCUT2D eigenvalue weighted by atomic mass is 10.1. The van der Waals surface area contributed by atoms with Gasteiger partial charge in [-0.1, -0.05) is 29.8 Å². The summed E-state index contributed by atoms with van der Waals surface area (Å²) >= 11 is 3.30. The van der Waals surface area contributed by atoms with Crippen LogP contribution in [0.5, 0.6) is 11.8 Å². The Hall–Kier alpha value is -1.95. The average Bonchev–Trinajstić information content (AvgIpc) is 2.37. The first-order valence-electron chi connectivity index (χ1n) is 6.43. The van der Waals surface area contributed by atoms with E-state index >= 15 is 0 Å². The van der Waals surface area contributed by atoms with Crippen molar-refractivity contribution in [1.82, 2.24) is 9.97 Å². The molecule has 0 bridgehead atoms. The first kappa shape index (κ1) is 15.4. The lowest BCUT2D eigenvalue weighted by Gasteiger charge is -2.11. The highest BCUT2D eigenvalue weighted by Gasteiger charge is 2.15. The van der Waals surface area contributed by atoms with Gasteiger partial charge in [0.25, 0.3) is 0 Å². The zero-order chi connectivity index (χ0) is 15.6. The molecule has 0 saturated heterocycles. The average molecular weight is 351 g/mol. The molecule has 1 aromatic carbocycles. The third-order valence-corrected chi connectivity index (χ3v) is 3.31. The van der Waals surface area contributed by atoms with Gasteiger partial charge in [-0.05, 0) is 37.1 Å². The van der Waals surface area contributed by atoms with Crippen LogP contribution < -0.4 is 4.74 Å². The van der Waals surface area contributed by atoms with Crippen LogP contribution in [-0.4, -0.2) is 21.0 Å². The topological polar surface area (TPSA) is 72.3 Å². The maximum Gasteiger partial charge on any atom is 0.339 e. The zero-order valence-electron chi connectivity index (χ0n) is 11.9. The molecular weight excluding hydrogens is 336 g/mol. The molecule has 0 unspecified atom stereocenters. The van der Waals surface area contributed by atoms with Crippen molar-refractivity contribution in [1.29, 1.82) is 0 Å². The summed E-state index contributed by atoms with van der Waals surface area (Å²) < 4.78 is 6.31. The van der Waals surface area contributed by atoms with Gasteiger partial charge in [0.15, 0.2) is 0 Å². The molecule has 110 valence electrons. The number of benzene rings is 1. The van der Waals surface area contributed by atoms with Crippen LogP contribution in [0.25, 0.3) is 0 Å². The Balaban J connectivity index is 2.42. The van der Waals surface area contributed by atoms with E-state index in [0.29, 0.717) is 0 Å². The van der Waals surface area contributed by atoms with Gasteiger partial charge in [-0.25, -0.2) is 9.78 Å². The van der Waals surface area contributed by atoms with Gasteiger partial charge in [0, 0.05) is 10.2 Å². The lowest BCUT2D eigenvalue weighted by molar-refractivity contribution is 0.0694. The number of halogens is 1. The van der Waals surface area contributed by atoms with E-state index in [2.05, 4.69) is 25.9 Å². The summed E-state index contributed by atoms with van der Waals surface area (Å²) in [5.74, 6) is -0.623. The second-order valence-electron chi connectivity index (χ2n) is 4.92. The second-order valence-corrected chi connectivity index (χ2v) is 5.83. The fraction of sp³-hybridized carbons (Fsp3) is 0.267. The number of hydrogen-bond donors (Lipinski definition) is 1. The highest BCUT2D eigenvalue weighted by molar-refractivity contribution is 9.10. The maximum absolute atomic E-state index is 11.2. The first-order chi connectivity index (χ1) is 9.86. The Morgan fingerprint density at radius 2 is 2.00 bits per heavy atom. The minimum Gasteiger partial charge on any atom is -0.478 e. The molecule has 0 saturated carbocycles. The van der Waals surface area contributed by atoms with Gasteiger partial charge in [-0.2, -0.15) is 4.98 Å². The van der Waals surface area contributed by atoms with Gasteiger partial charge in [-0.15, -0.1) is 0 Å². The number of hydrogen-bond acceptors (Lipinski definition) is 4. The third-order valence-electron chi connectivity index (χ3n) is 2.82. The van der Waals surface area contributed by atoms with Crippen LogP contribution in [-0.2, 0) is 0 Å². The lowest BCUT2D eigenvalue weighted by Crippen LogP contribution is -2.04. The van der Waals surface area contributed by atoms with Gasteiger partial charge in [0.05, 0.1) is 5.69 Å². The van der Waals surface area contributed by atoms with E-state index in [4.69, 9.17) is 4.74 Å². The summed E-state index contributed by atoms with van der Waals surface area (Å²) in [6, 6.07) is 6.74. The van der Waals surface area contributed by atoms with Gasteiger partial charge in [0.2, 0.25) is 0 Å². The molecule has 0 spiro atoms. The molecule has 2 rings (SSSR count). The van der Waals surface area contributed by atoms with Gasteiger partial charge >= 0.3 is 12.0 Å². The second kappa shape index (κ2) is 6.22. The number of aromatic carboxylic acids is 1. The monoisotopic (exact) mass is 350 g/mol. The van der Waals surface area contributed by atoms with Crippen molar-refractivity contribution in [2.75, 3.05) is 0 Å². The van der Waals surface area contributed by atoms with E-state index < -0.39 is 5.97 Å². The van der Waals surface area contributed by atoms with Crippen LogP contribution in [0.2, 0.25) is 0 Å². The van der Waals surface area contributed by atoms with Crippen LogP contribution in [0.3, 0.4) is 0 Å². The molecule has 0 aliphatic carbocycles. The number of aryl methyl sites for hydroxylation is 1. The fourth-order valence-corrected chi connectivity index (χ4v) is 2.10. The number of nitrogens with zero attached hydrogens (tertiary/aromatic N) is 2. The molecular formula is C15H15BrN2O3. The minimum absolute atomic E-state index is 0.0643. The number of rotatable bonds is 4. The largest absolute Gasteiger partial charge is 0.478 e. The molecule has 5 nitrogen and oxygen atoms in total. The molecule has 1 N–H and O–H groups in total. The Kier molecular flexibility index (Phi) is 4.57. The van der Waals surface area contributed by atoms with E-state index in [1.165, 1.54) is 6.07 Å². The molecule has 1 heterocycles. The molecule has 0 fully saturated rings. The third kappa shape index (κ3) is 3.78. The maximum atomic E-state index is 11.2. The Morgan fingerprint density at radius 1 is 1.29 bits per heavy atom. The Labute approximate surface area is 131 Å². The summed E-state index contributed by atoms with van der Waals surface area (Å²) in [5.41, 5.74) is 1.69. The molecule has 0 amide bonds. The Bertz CT molecular complexity index is 687. The van der Waals surface area contributed by atoms with Crippen molar-refractivity contribution in [3.8, 4) is 11.8 Å². The smallest absolute Gasteiger partial charge is 0.339 e. The highest BCUT2D eigenvalue weighted by atomic mass is 79.9. The van der Waals surface area contributed by atoms with Crippen molar-refractivity contribution in [3.63, 3.8) is 0 Å². The van der Waals surface area contributed by atoms with Crippen LogP contribution in [0.15, 0.2) is 28.7 Å². The van der Waals surface area contributed by atoms with E-state index in [1.54, 1.807) is 12.1 Å². The SMILES string of the molecule is Cc1cc(C(C)C)nc(Oc2cc(Br)ccc2C(=O)O)n1. The predicted octanol–water partition coefficient (Wildman–Crippen LogP) is 4.16. The van der Waals surface area contributed by atoms with Crippen LogP contribution >= 0.6 is 15.9 Å². The molecule has 2 aromatic rings. The van der Waals surface area contributed by atoms with E-state index in [9.17, 15) is 9.90 Å². The standard InChI is InChI=1S/C15H15BrN2O3/c1-8(2)12-6-9(3)17-15(18-12)21-13-7-10(16)4-5-11(13)14(19)20/h4-8H,1-3H3,(H,19,20). The number of ether oxygens (including phenoxy) is 1. The molecule has 1 aromatic heterocycles. The van der Waals surface area contributed by atoms with Gasteiger partial charge in [-0.3, -0.25) is 0 Å². The van der Waals surface area contributed by atoms with Gasteiger partial charge in [0.1, 0.15) is 11.3 Å².